The van der Waals surface area contributed by atoms with Gasteiger partial charge in [0.15, 0.2) is 5.82 Å². The smallest absolute Gasteiger partial charge is 0.244 e. The Morgan fingerprint density at radius 1 is 1.11 bits per heavy atom. The molecule has 6 nitrogen and oxygen atoms in total. The van der Waals surface area contributed by atoms with Crippen molar-refractivity contribution in [1.29, 1.82) is 0 Å². The van der Waals surface area contributed by atoms with E-state index in [-0.39, 0.29) is 0 Å². The maximum absolute atomic E-state index is 12.2. The molecule has 0 fully saturated rings. The van der Waals surface area contributed by atoms with E-state index in [1.807, 2.05) is 49.4 Å². The van der Waals surface area contributed by atoms with Crippen LogP contribution in [0.5, 0.6) is 0 Å². The summed E-state index contributed by atoms with van der Waals surface area (Å²) in [7, 11) is 0. The number of hydrogen-bond acceptors (Lipinski definition) is 6. The first-order valence-electron chi connectivity index (χ1n) is 8.83. The zero-order valence-corrected chi connectivity index (χ0v) is 16.3. The molecule has 1 unspecified atom stereocenters. The molecule has 0 aliphatic rings. The van der Waals surface area contributed by atoms with E-state index in [4.69, 9.17) is 15.7 Å². The van der Waals surface area contributed by atoms with Gasteiger partial charge in [0.25, 0.3) is 0 Å². The number of nitrogens with one attached hydrogen (secondary N) is 1. The summed E-state index contributed by atoms with van der Waals surface area (Å²) in [5, 5.41) is 4.18. The molecule has 4 aromatic rings. The van der Waals surface area contributed by atoms with Gasteiger partial charge in [-0.05, 0) is 37.1 Å². The van der Waals surface area contributed by atoms with Gasteiger partial charge in [0.1, 0.15) is 16.7 Å². The van der Waals surface area contributed by atoms with Crippen LogP contribution in [-0.4, -0.2) is 20.9 Å². The third-order valence-corrected chi connectivity index (χ3v) is 5.75. The lowest BCUT2D eigenvalue weighted by molar-refractivity contribution is -0.118. The van der Waals surface area contributed by atoms with Crippen molar-refractivity contribution in [3.63, 3.8) is 0 Å². The number of hydrogen-bond donors (Lipinski definition) is 2. The van der Waals surface area contributed by atoms with E-state index < -0.39 is 11.9 Å². The number of amides is 1. The van der Waals surface area contributed by atoms with Crippen molar-refractivity contribution in [3.05, 3.63) is 70.9 Å². The molecule has 0 saturated carbocycles. The minimum Gasteiger partial charge on any atom is -0.368 e. The summed E-state index contributed by atoms with van der Waals surface area (Å²) in [6.45, 7) is 4.09. The first kappa shape index (κ1) is 18.1. The summed E-state index contributed by atoms with van der Waals surface area (Å²) < 4.78 is 0. The Labute approximate surface area is 166 Å². The average molecular weight is 389 g/mol. The minimum absolute atomic E-state index is 0.467. The lowest BCUT2D eigenvalue weighted by atomic mass is 10.1. The van der Waals surface area contributed by atoms with E-state index in [0.717, 1.165) is 31.8 Å². The van der Waals surface area contributed by atoms with Crippen LogP contribution in [0.2, 0.25) is 0 Å². The molecule has 1 amide bonds. The van der Waals surface area contributed by atoms with E-state index >= 15 is 0 Å². The van der Waals surface area contributed by atoms with Crippen LogP contribution < -0.4 is 11.1 Å². The van der Waals surface area contributed by atoms with Gasteiger partial charge in [0.2, 0.25) is 5.91 Å². The summed E-state index contributed by atoms with van der Waals surface area (Å²) >= 11 is 1.61. The minimum atomic E-state index is -0.694. The number of aryl methyl sites for hydroxylation is 2. The maximum atomic E-state index is 12.2. The summed E-state index contributed by atoms with van der Waals surface area (Å²) in [5.41, 5.74) is 8.39. The maximum Gasteiger partial charge on any atom is 0.244 e. The van der Waals surface area contributed by atoms with E-state index in [1.165, 1.54) is 0 Å². The van der Waals surface area contributed by atoms with Gasteiger partial charge in [-0.25, -0.2) is 9.97 Å². The number of carbonyl (C=O) groups excluding carboxylic acids is 1. The van der Waals surface area contributed by atoms with Crippen LogP contribution in [0.25, 0.3) is 21.6 Å². The van der Waals surface area contributed by atoms with Crippen LogP contribution in [-0.2, 0) is 4.79 Å². The second-order valence-electron chi connectivity index (χ2n) is 6.49. The molecule has 3 heterocycles. The molecular weight excluding hydrogens is 370 g/mol. The molecule has 1 atom stereocenters. The quantitative estimate of drug-likeness (QED) is 0.538. The SMILES string of the molecule is Cc1sc2nc(-c3cccnc3)nc(NC(C(N)=O)c3ccccc3)c2c1C. The zero-order chi connectivity index (χ0) is 19.7. The van der Waals surface area contributed by atoms with E-state index in [1.54, 1.807) is 23.7 Å². The molecule has 7 heteroatoms. The Balaban J connectivity index is 1.88. The lowest BCUT2D eigenvalue weighted by Crippen LogP contribution is -2.28. The highest BCUT2D eigenvalue weighted by atomic mass is 32.1. The fourth-order valence-electron chi connectivity index (χ4n) is 3.08. The third-order valence-electron chi connectivity index (χ3n) is 4.65. The van der Waals surface area contributed by atoms with Gasteiger partial charge >= 0.3 is 0 Å². The van der Waals surface area contributed by atoms with Gasteiger partial charge in [0, 0.05) is 22.8 Å². The second-order valence-corrected chi connectivity index (χ2v) is 7.69. The van der Waals surface area contributed by atoms with Crippen molar-refractivity contribution in [2.75, 3.05) is 5.32 Å². The predicted octanol–water partition coefficient (Wildman–Crippen LogP) is 4.01. The molecule has 0 radical (unpaired) electrons. The summed E-state index contributed by atoms with van der Waals surface area (Å²) in [5.74, 6) is 0.685. The Hall–Kier alpha value is -3.32. The van der Waals surface area contributed by atoms with Crippen LogP contribution in [0, 0.1) is 13.8 Å². The van der Waals surface area contributed by atoms with Crippen LogP contribution >= 0.6 is 11.3 Å². The van der Waals surface area contributed by atoms with Crippen molar-refractivity contribution in [2.45, 2.75) is 19.9 Å². The number of anilines is 1. The molecule has 0 aliphatic heterocycles. The first-order valence-corrected chi connectivity index (χ1v) is 9.65. The highest BCUT2D eigenvalue weighted by molar-refractivity contribution is 7.18. The molecular formula is C21H19N5OS. The number of primary amides is 1. The summed E-state index contributed by atoms with van der Waals surface area (Å²) in [4.78, 5) is 27.8. The number of thiophene rings is 1. The standard InChI is InChI=1S/C21H19N5OS/c1-12-13(2)28-21-16(12)20(25-19(26-21)15-9-6-10-23-11-15)24-17(18(22)27)14-7-4-3-5-8-14/h3-11,17H,1-2H3,(H2,22,27)(H,24,25,26). The Kier molecular flexibility index (Phi) is 4.75. The average Bonchev–Trinajstić information content (AvgIpc) is 3.01. The van der Waals surface area contributed by atoms with Crippen molar-refractivity contribution in [3.8, 4) is 11.4 Å². The van der Waals surface area contributed by atoms with Crippen molar-refractivity contribution in [1.82, 2.24) is 15.0 Å². The first-order chi connectivity index (χ1) is 13.5. The van der Waals surface area contributed by atoms with Gasteiger partial charge in [-0.1, -0.05) is 30.3 Å². The predicted molar refractivity (Wildman–Crippen MR) is 112 cm³/mol. The van der Waals surface area contributed by atoms with Gasteiger partial charge in [-0.3, -0.25) is 9.78 Å². The molecule has 3 N–H and O–H groups in total. The van der Waals surface area contributed by atoms with Crippen molar-refractivity contribution < 1.29 is 4.79 Å². The van der Waals surface area contributed by atoms with Crippen molar-refractivity contribution >= 4 is 33.3 Å². The van der Waals surface area contributed by atoms with Crippen LogP contribution in [0.1, 0.15) is 22.0 Å². The molecule has 1 aromatic carbocycles. The number of pyridine rings is 1. The summed E-state index contributed by atoms with van der Waals surface area (Å²) in [6.07, 6.45) is 3.43. The molecule has 0 spiro atoms. The van der Waals surface area contributed by atoms with Gasteiger partial charge in [-0.2, -0.15) is 0 Å². The van der Waals surface area contributed by atoms with Crippen LogP contribution in [0.15, 0.2) is 54.9 Å². The van der Waals surface area contributed by atoms with E-state index in [9.17, 15) is 4.79 Å². The molecule has 4 rings (SSSR count). The number of fused-ring (bicyclic) bond motifs is 1. The van der Waals surface area contributed by atoms with E-state index in [2.05, 4.69) is 17.2 Å². The number of carbonyl (C=O) groups is 1. The highest BCUT2D eigenvalue weighted by Gasteiger charge is 2.22. The van der Waals surface area contributed by atoms with Gasteiger partial charge in [-0.15, -0.1) is 11.3 Å². The fraction of sp³-hybridized carbons (Fsp3) is 0.143. The van der Waals surface area contributed by atoms with Crippen molar-refractivity contribution in [2.24, 2.45) is 5.73 Å². The lowest BCUT2D eigenvalue weighted by Gasteiger charge is -2.18. The molecule has 28 heavy (non-hydrogen) atoms. The van der Waals surface area contributed by atoms with E-state index in [0.29, 0.717) is 11.6 Å². The fourth-order valence-corrected chi connectivity index (χ4v) is 4.11. The number of nitrogens with zero attached hydrogens (tertiary/aromatic N) is 3. The number of aromatic nitrogens is 3. The van der Waals surface area contributed by atoms with Crippen LogP contribution in [0.4, 0.5) is 5.82 Å². The Morgan fingerprint density at radius 3 is 2.57 bits per heavy atom. The normalized spacial score (nSPS) is 12.1. The number of nitrogens with two attached hydrogens (primary N) is 1. The number of rotatable bonds is 5. The zero-order valence-electron chi connectivity index (χ0n) is 15.5. The second kappa shape index (κ2) is 7.36. The molecule has 0 bridgehead atoms. The topological polar surface area (TPSA) is 93.8 Å². The number of benzene rings is 1. The van der Waals surface area contributed by atoms with Gasteiger partial charge in [0.05, 0.1) is 5.39 Å². The monoisotopic (exact) mass is 389 g/mol. The molecule has 3 aromatic heterocycles. The molecule has 140 valence electrons. The van der Waals surface area contributed by atoms with Crippen LogP contribution in [0.3, 0.4) is 0 Å². The Morgan fingerprint density at radius 2 is 1.89 bits per heavy atom. The highest BCUT2D eigenvalue weighted by Crippen LogP contribution is 2.36. The molecule has 0 aliphatic carbocycles. The summed E-state index contributed by atoms with van der Waals surface area (Å²) in [6, 6.07) is 12.5. The third kappa shape index (κ3) is 3.32. The van der Waals surface area contributed by atoms with Gasteiger partial charge < -0.3 is 11.1 Å². The molecule has 0 saturated heterocycles. The largest absolute Gasteiger partial charge is 0.368 e. The Bertz CT molecular complexity index is 1140.